The fourth-order valence-corrected chi connectivity index (χ4v) is 3.24. The van der Waals surface area contributed by atoms with E-state index in [0.717, 1.165) is 36.2 Å². The second-order valence-corrected chi connectivity index (χ2v) is 7.60. The third-order valence-corrected chi connectivity index (χ3v) is 5.08. The van der Waals surface area contributed by atoms with E-state index < -0.39 is 6.10 Å². The number of aliphatic hydroxyl groups excluding tert-OH is 1. The average Bonchev–Trinajstić information content (AvgIpc) is 2.94. The number of imidazole rings is 1. The summed E-state index contributed by atoms with van der Waals surface area (Å²) < 4.78 is 8.93. The van der Waals surface area contributed by atoms with Gasteiger partial charge in [0.2, 0.25) is 0 Å². The molecule has 1 atom stereocenters. The molecule has 29 heavy (non-hydrogen) atoms. The van der Waals surface area contributed by atoms with Gasteiger partial charge in [-0.2, -0.15) is 0 Å². The van der Waals surface area contributed by atoms with Crippen molar-refractivity contribution in [1.29, 1.82) is 0 Å². The van der Waals surface area contributed by atoms with Crippen LogP contribution in [0.25, 0.3) is 11.0 Å². The second kappa shape index (κ2) is 9.26. The fourth-order valence-electron chi connectivity index (χ4n) is 3.24. The monoisotopic (exact) mass is 398 g/mol. The van der Waals surface area contributed by atoms with Crippen LogP contribution in [0, 0.1) is 0 Å². The lowest BCUT2D eigenvalue weighted by Crippen LogP contribution is -2.26. The van der Waals surface area contributed by atoms with Gasteiger partial charge in [0.25, 0.3) is 0 Å². The third kappa shape index (κ3) is 5.06. The van der Waals surface area contributed by atoms with Crippen molar-refractivity contribution in [1.82, 2.24) is 19.4 Å². The lowest BCUT2D eigenvalue weighted by atomic mass is 10.1. The smallest absolute Gasteiger partial charge is 0.328 e. The molecule has 0 fully saturated rings. The van der Waals surface area contributed by atoms with Crippen LogP contribution in [-0.2, 0) is 20.6 Å². The van der Waals surface area contributed by atoms with E-state index in [1.165, 1.54) is 5.56 Å². The lowest BCUT2D eigenvalue weighted by molar-refractivity contribution is 0.108. The van der Waals surface area contributed by atoms with E-state index in [0.29, 0.717) is 5.75 Å². The maximum atomic E-state index is 12.1. The Kier molecular flexibility index (Phi) is 6.74. The van der Waals surface area contributed by atoms with Crippen LogP contribution in [0.2, 0.25) is 0 Å². The van der Waals surface area contributed by atoms with Crippen molar-refractivity contribution in [2.24, 2.45) is 14.1 Å². The number of likely N-dealkylation sites (N-methyl/N-ethyl adjacent to an activating group) is 1. The summed E-state index contributed by atoms with van der Waals surface area (Å²) in [4.78, 5) is 14.2. The Morgan fingerprint density at radius 2 is 1.76 bits per heavy atom. The summed E-state index contributed by atoms with van der Waals surface area (Å²) in [5.74, 6) is 0.717. The van der Waals surface area contributed by atoms with Crippen molar-refractivity contribution in [3.05, 3.63) is 64.1 Å². The number of aliphatic hydroxyl groups is 1. The molecule has 3 rings (SSSR count). The first kappa shape index (κ1) is 21.1. The maximum absolute atomic E-state index is 12.1. The van der Waals surface area contributed by atoms with E-state index in [4.69, 9.17) is 4.74 Å². The van der Waals surface area contributed by atoms with Crippen LogP contribution in [0.3, 0.4) is 0 Å². The SMILES string of the molecule is CN(C)CCNCc1ccc(OC[C@@H](O)c2ccc3c(c2)n(C)c(=O)n3C)cc1. The molecule has 2 aromatic carbocycles. The summed E-state index contributed by atoms with van der Waals surface area (Å²) >= 11 is 0. The summed E-state index contributed by atoms with van der Waals surface area (Å²) in [6.07, 6.45) is -0.776. The van der Waals surface area contributed by atoms with Crippen LogP contribution in [0.5, 0.6) is 5.75 Å². The van der Waals surface area contributed by atoms with Crippen molar-refractivity contribution in [3.8, 4) is 5.75 Å². The minimum atomic E-state index is -0.776. The van der Waals surface area contributed by atoms with Gasteiger partial charge in [-0.15, -0.1) is 0 Å². The molecule has 3 aromatic rings. The van der Waals surface area contributed by atoms with Crippen molar-refractivity contribution in [2.75, 3.05) is 33.8 Å². The zero-order valence-electron chi connectivity index (χ0n) is 17.6. The molecule has 0 saturated heterocycles. The molecule has 1 aromatic heterocycles. The Balaban J connectivity index is 1.56. The second-order valence-electron chi connectivity index (χ2n) is 7.60. The Bertz CT molecular complexity index is 1010. The van der Waals surface area contributed by atoms with Gasteiger partial charge in [0.15, 0.2) is 0 Å². The van der Waals surface area contributed by atoms with Crippen molar-refractivity contribution in [3.63, 3.8) is 0 Å². The van der Waals surface area contributed by atoms with Gasteiger partial charge < -0.3 is 20.1 Å². The molecule has 7 nitrogen and oxygen atoms in total. The summed E-state index contributed by atoms with van der Waals surface area (Å²) in [6.45, 7) is 2.90. The maximum Gasteiger partial charge on any atom is 0.328 e. The molecule has 1 heterocycles. The Labute approximate surface area is 171 Å². The Hall–Kier alpha value is -2.61. The zero-order chi connectivity index (χ0) is 21.0. The van der Waals surface area contributed by atoms with E-state index in [1.54, 1.807) is 23.2 Å². The average molecular weight is 399 g/mol. The summed E-state index contributed by atoms with van der Waals surface area (Å²) in [5.41, 5.74) is 3.45. The Morgan fingerprint density at radius 3 is 2.45 bits per heavy atom. The number of aromatic nitrogens is 2. The molecule has 0 spiro atoms. The number of nitrogens with zero attached hydrogens (tertiary/aromatic N) is 3. The van der Waals surface area contributed by atoms with Crippen molar-refractivity contribution >= 4 is 11.0 Å². The lowest BCUT2D eigenvalue weighted by Gasteiger charge is -2.14. The van der Waals surface area contributed by atoms with Gasteiger partial charge in [0, 0.05) is 33.7 Å². The van der Waals surface area contributed by atoms with E-state index in [2.05, 4.69) is 24.3 Å². The number of benzene rings is 2. The number of rotatable bonds is 9. The molecule has 2 N–H and O–H groups in total. The highest BCUT2D eigenvalue weighted by molar-refractivity contribution is 5.76. The normalized spacial score (nSPS) is 12.6. The number of fused-ring (bicyclic) bond motifs is 1. The van der Waals surface area contributed by atoms with E-state index in [9.17, 15) is 9.90 Å². The van der Waals surface area contributed by atoms with Crippen LogP contribution in [-0.4, -0.2) is 52.9 Å². The highest BCUT2D eigenvalue weighted by atomic mass is 16.5. The number of aryl methyl sites for hydroxylation is 2. The molecule has 0 bridgehead atoms. The molecule has 0 unspecified atom stereocenters. The molecular weight excluding hydrogens is 368 g/mol. The highest BCUT2D eigenvalue weighted by Gasteiger charge is 2.13. The molecular formula is C22H30N4O3. The summed E-state index contributed by atoms with van der Waals surface area (Å²) in [6, 6.07) is 13.4. The van der Waals surface area contributed by atoms with Crippen molar-refractivity contribution in [2.45, 2.75) is 12.6 Å². The zero-order valence-corrected chi connectivity index (χ0v) is 17.6. The number of hydrogen-bond donors (Lipinski definition) is 2. The predicted octanol–water partition coefficient (Wildman–Crippen LogP) is 1.64. The first-order valence-corrected chi connectivity index (χ1v) is 9.77. The van der Waals surface area contributed by atoms with E-state index in [-0.39, 0.29) is 12.3 Å². The molecule has 7 heteroatoms. The largest absolute Gasteiger partial charge is 0.491 e. The number of ether oxygens (including phenoxy) is 1. The van der Waals surface area contributed by atoms with E-state index >= 15 is 0 Å². The fraction of sp³-hybridized carbons (Fsp3) is 0.409. The quantitative estimate of drug-likeness (QED) is 0.536. The minimum absolute atomic E-state index is 0.0841. The first-order valence-electron chi connectivity index (χ1n) is 9.77. The van der Waals surface area contributed by atoms with Crippen molar-refractivity contribution < 1.29 is 9.84 Å². The predicted molar refractivity (Wildman–Crippen MR) is 115 cm³/mol. The molecule has 0 aliphatic rings. The van der Waals surface area contributed by atoms with Crippen LogP contribution >= 0.6 is 0 Å². The topological polar surface area (TPSA) is 71.7 Å². The van der Waals surface area contributed by atoms with Gasteiger partial charge in [-0.05, 0) is 49.5 Å². The third-order valence-electron chi connectivity index (χ3n) is 5.08. The standard InChI is InChI=1S/C22H30N4O3/c1-24(2)12-11-23-14-16-5-8-18(9-6-16)29-15-21(27)17-7-10-19-20(13-17)26(4)22(28)25(19)3/h5-10,13,21,23,27H,11-12,14-15H2,1-4H3/t21-/m1/s1. The Morgan fingerprint density at radius 1 is 1.07 bits per heavy atom. The van der Waals surface area contributed by atoms with E-state index in [1.807, 2.05) is 42.5 Å². The summed E-state index contributed by atoms with van der Waals surface area (Å²) in [5, 5.41) is 13.9. The molecule has 0 amide bonds. The molecule has 156 valence electrons. The summed E-state index contributed by atoms with van der Waals surface area (Å²) in [7, 11) is 7.59. The molecule has 0 aliphatic heterocycles. The van der Waals surface area contributed by atoms with Crippen LogP contribution in [0.4, 0.5) is 0 Å². The molecule has 0 aliphatic carbocycles. The van der Waals surface area contributed by atoms with Gasteiger partial charge in [0.05, 0.1) is 11.0 Å². The van der Waals surface area contributed by atoms with Gasteiger partial charge >= 0.3 is 5.69 Å². The number of hydrogen-bond acceptors (Lipinski definition) is 5. The molecule has 0 saturated carbocycles. The van der Waals surface area contributed by atoms with Gasteiger partial charge in [0.1, 0.15) is 18.5 Å². The minimum Gasteiger partial charge on any atom is -0.491 e. The molecule has 0 radical (unpaired) electrons. The van der Waals surface area contributed by atoms with Gasteiger partial charge in [-0.3, -0.25) is 9.13 Å². The van der Waals surface area contributed by atoms with Crippen LogP contribution < -0.4 is 15.7 Å². The van der Waals surface area contributed by atoms with Crippen LogP contribution in [0.15, 0.2) is 47.3 Å². The van der Waals surface area contributed by atoms with Crippen LogP contribution in [0.1, 0.15) is 17.2 Å². The van der Waals surface area contributed by atoms with Gasteiger partial charge in [-0.1, -0.05) is 18.2 Å². The first-order chi connectivity index (χ1) is 13.9. The highest BCUT2D eigenvalue weighted by Crippen LogP contribution is 2.21. The number of nitrogens with one attached hydrogen (secondary N) is 1. The van der Waals surface area contributed by atoms with Gasteiger partial charge in [-0.25, -0.2) is 4.79 Å².